The van der Waals surface area contributed by atoms with Crippen LogP contribution in [0.2, 0.25) is 0 Å². The molecule has 2 saturated carbocycles. The average molecular weight is 493 g/mol. The summed E-state index contributed by atoms with van der Waals surface area (Å²) in [5, 5.41) is 10.7. The predicted octanol–water partition coefficient (Wildman–Crippen LogP) is 3.87. The lowest BCUT2D eigenvalue weighted by Gasteiger charge is -2.48. The van der Waals surface area contributed by atoms with Gasteiger partial charge >= 0.3 is 0 Å². The molecule has 8 heteroatoms. The Morgan fingerprint density at radius 2 is 1.94 bits per heavy atom. The zero-order valence-corrected chi connectivity index (χ0v) is 20.8. The van der Waals surface area contributed by atoms with Gasteiger partial charge in [0.2, 0.25) is 5.91 Å². The number of carbonyl (C=O) groups excluding carboxylic acids is 2. The van der Waals surface area contributed by atoms with Crippen molar-refractivity contribution in [3.8, 4) is 5.75 Å². The van der Waals surface area contributed by atoms with Crippen LogP contribution in [0.15, 0.2) is 23.2 Å². The molecule has 2 saturated heterocycles. The number of carbonyl (C=O) groups is 2. The third kappa shape index (κ3) is 4.56. The second kappa shape index (κ2) is 9.61. The Hall–Kier alpha value is -2.74. The van der Waals surface area contributed by atoms with E-state index in [-0.39, 0.29) is 29.8 Å². The lowest BCUT2D eigenvalue weighted by molar-refractivity contribution is -0.120. The molecular weight excluding hydrogens is 456 g/mol. The topological polar surface area (TPSA) is 104 Å². The Kier molecular flexibility index (Phi) is 6.32. The van der Waals surface area contributed by atoms with E-state index >= 15 is 0 Å². The minimum Gasteiger partial charge on any atom is -0.490 e. The lowest BCUT2D eigenvalue weighted by atomic mass is 9.61. The van der Waals surface area contributed by atoms with Gasteiger partial charge in [0.1, 0.15) is 17.7 Å². The fourth-order valence-corrected chi connectivity index (χ4v) is 6.77. The molecule has 2 N–H and O–H groups in total. The molecule has 0 radical (unpaired) electrons. The van der Waals surface area contributed by atoms with Crippen LogP contribution in [0.1, 0.15) is 80.1 Å². The van der Waals surface area contributed by atoms with Gasteiger partial charge < -0.3 is 19.7 Å². The Balaban J connectivity index is 1.09. The third-order valence-corrected chi connectivity index (χ3v) is 8.96. The van der Waals surface area contributed by atoms with Gasteiger partial charge in [-0.25, -0.2) is 0 Å². The van der Waals surface area contributed by atoms with E-state index in [9.17, 15) is 9.59 Å². The quantitative estimate of drug-likeness (QED) is 0.609. The highest BCUT2D eigenvalue weighted by Crippen LogP contribution is 2.50. The second-order valence-corrected chi connectivity index (χ2v) is 11.3. The number of rotatable bonds is 5. The van der Waals surface area contributed by atoms with Gasteiger partial charge in [-0.1, -0.05) is 6.42 Å². The number of hydrogen-bond acceptors (Lipinski definition) is 6. The van der Waals surface area contributed by atoms with Crippen molar-refractivity contribution < 1.29 is 19.1 Å². The Labute approximate surface area is 212 Å². The van der Waals surface area contributed by atoms with Crippen molar-refractivity contribution >= 4 is 23.9 Å². The van der Waals surface area contributed by atoms with Gasteiger partial charge in [0.05, 0.1) is 12.1 Å². The van der Waals surface area contributed by atoms with Gasteiger partial charge in [-0.15, -0.1) is 0 Å². The molecule has 1 aromatic rings. The van der Waals surface area contributed by atoms with Gasteiger partial charge in [-0.2, -0.15) is 0 Å². The van der Waals surface area contributed by atoms with Crippen LogP contribution in [0.5, 0.6) is 5.75 Å². The molecule has 4 fully saturated rings. The van der Waals surface area contributed by atoms with Crippen LogP contribution >= 0.6 is 0 Å². The number of ether oxygens (including phenoxy) is 2. The average Bonchev–Trinajstić information content (AvgIpc) is 3.18. The van der Waals surface area contributed by atoms with Crippen molar-refractivity contribution in [2.75, 3.05) is 13.2 Å². The predicted molar refractivity (Wildman–Crippen MR) is 136 cm³/mol. The third-order valence-electron chi connectivity index (χ3n) is 8.96. The molecule has 192 valence electrons. The fraction of sp³-hybridized carbons (Fsp3) is 0.643. The second-order valence-electron chi connectivity index (χ2n) is 11.3. The minimum atomic E-state index is -0.377. The summed E-state index contributed by atoms with van der Waals surface area (Å²) in [5.41, 5.74) is 2.08. The maximum absolute atomic E-state index is 13.0. The summed E-state index contributed by atoms with van der Waals surface area (Å²) in [6, 6.07) is 5.81. The van der Waals surface area contributed by atoms with Crippen LogP contribution in [-0.4, -0.2) is 60.2 Å². The first-order chi connectivity index (χ1) is 17.5. The largest absolute Gasteiger partial charge is 0.490 e. The summed E-state index contributed by atoms with van der Waals surface area (Å²) >= 11 is 0. The van der Waals surface area contributed by atoms with Gasteiger partial charge in [0.15, 0.2) is 0 Å². The zero-order chi connectivity index (χ0) is 24.7. The summed E-state index contributed by atoms with van der Waals surface area (Å²) in [7, 11) is 0. The molecule has 3 atom stereocenters. The maximum Gasteiger partial charge on any atom is 0.255 e. The lowest BCUT2D eigenvalue weighted by Crippen LogP contribution is -2.52. The maximum atomic E-state index is 13.0. The molecule has 1 aromatic carbocycles. The number of amidine groups is 1. The first-order valence-electron chi connectivity index (χ1n) is 13.6. The number of benzene rings is 1. The van der Waals surface area contributed by atoms with E-state index in [2.05, 4.69) is 11.5 Å². The van der Waals surface area contributed by atoms with Crippen molar-refractivity contribution in [3.63, 3.8) is 0 Å². The van der Waals surface area contributed by atoms with Crippen LogP contribution in [0.4, 0.5) is 0 Å². The number of nitrogens with one attached hydrogen (secondary N) is 2. The number of fused-ring (bicyclic) bond motifs is 1. The van der Waals surface area contributed by atoms with Gasteiger partial charge in [0.25, 0.3) is 5.91 Å². The van der Waals surface area contributed by atoms with Crippen molar-refractivity contribution in [2.24, 2.45) is 16.3 Å². The molecule has 1 spiro atoms. The molecule has 3 heterocycles. The van der Waals surface area contributed by atoms with Gasteiger partial charge in [-0.05, 0) is 80.5 Å². The number of aliphatic imine (C=N–C) groups is 1. The highest BCUT2D eigenvalue weighted by Gasteiger charge is 2.45. The minimum absolute atomic E-state index is 0.0760. The smallest absolute Gasteiger partial charge is 0.255 e. The summed E-state index contributed by atoms with van der Waals surface area (Å²) in [4.78, 5) is 31.3. The highest BCUT2D eigenvalue weighted by atomic mass is 16.5. The van der Waals surface area contributed by atoms with E-state index in [1.54, 1.807) is 4.90 Å². The normalized spacial score (nSPS) is 30.4. The number of amides is 2. The molecule has 2 unspecified atom stereocenters. The van der Waals surface area contributed by atoms with Crippen molar-refractivity contribution in [1.29, 1.82) is 5.41 Å². The number of nitrogens with zero attached hydrogens (tertiary/aromatic N) is 2. The molecule has 0 bridgehead atoms. The molecule has 0 aromatic heterocycles. The molecule has 2 aliphatic carbocycles. The van der Waals surface area contributed by atoms with Crippen molar-refractivity contribution in [2.45, 2.75) is 88.9 Å². The van der Waals surface area contributed by atoms with Crippen LogP contribution in [0, 0.1) is 16.7 Å². The molecule has 5 aliphatic rings. The zero-order valence-electron chi connectivity index (χ0n) is 20.8. The summed E-state index contributed by atoms with van der Waals surface area (Å²) in [5.74, 6) is 1.01. The van der Waals surface area contributed by atoms with E-state index in [4.69, 9.17) is 19.9 Å². The fourth-order valence-electron chi connectivity index (χ4n) is 6.77. The number of hydrogen-bond donors (Lipinski definition) is 2. The van der Waals surface area contributed by atoms with Crippen LogP contribution < -0.4 is 10.1 Å². The Morgan fingerprint density at radius 1 is 1.14 bits per heavy atom. The summed E-state index contributed by atoms with van der Waals surface area (Å²) in [6.07, 6.45) is 12.4. The van der Waals surface area contributed by atoms with Gasteiger partial charge in [0, 0.05) is 43.9 Å². The molecule has 8 nitrogen and oxygen atoms in total. The molecular formula is C28H36N4O4. The Bertz CT molecular complexity index is 1070. The molecule has 6 rings (SSSR count). The van der Waals surface area contributed by atoms with Crippen LogP contribution in [-0.2, 0) is 16.1 Å². The SMILES string of the molecule is N=C1NC(=O)CCC1N1Cc2cc(O[C@@H]3CCCCC3/C=N/C3CC4(CCOCC4)C3)ccc2C1=O. The van der Waals surface area contributed by atoms with Crippen LogP contribution in [0.25, 0.3) is 0 Å². The van der Waals surface area contributed by atoms with Gasteiger partial charge in [-0.3, -0.25) is 20.0 Å². The standard InChI is InChI=1S/C28H36N4O4/c29-26-23(7-8-25(33)31-26)32-17-19-13-21(5-6-22(19)27(32)34)36-24-4-2-1-3-18(24)16-30-20-14-28(15-20)9-11-35-12-10-28/h5-6,13,16,18,20,23-24H,1-4,7-12,14-15,17H2,(H2,29,31,33)/b30-16+/t18?,23?,24-/m1/s1. The summed E-state index contributed by atoms with van der Waals surface area (Å²) < 4.78 is 12.0. The van der Waals surface area contributed by atoms with E-state index in [1.165, 1.54) is 32.1 Å². The molecule has 36 heavy (non-hydrogen) atoms. The Morgan fingerprint density at radius 3 is 2.75 bits per heavy atom. The van der Waals surface area contributed by atoms with Crippen molar-refractivity contribution in [3.05, 3.63) is 29.3 Å². The molecule has 3 aliphatic heterocycles. The highest BCUT2D eigenvalue weighted by molar-refractivity contribution is 6.06. The van der Waals surface area contributed by atoms with E-state index in [1.807, 2.05) is 18.2 Å². The van der Waals surface area contributed by atoms with Crippen molar-refractivity contribution in [1.82, 2.24) is 10.2 Å². The van der Waals surface area contributed by atoms with E-state index < -0.39 is 0 Å². The first-order valence-corrected chi connectivity index (χ1v) is 13.6. The van der Waals surface area contributed by atoms with E-state index in [0.29, 0.717) is 42.3 Å². The van der Waals surface area contributed by atoms with Crippen LogP contribution in [0.3, 0.4) is 0 Å². The monoisotopic (exact) mass is 492 g/mol. The summed E-state index contributed by atoms with van der Waals surface area (Å²) in [6.45, 7) is 2.25. The molecule has 2 amide bonds. The first kappa shape index (κ1) is 23.6. The number of piperidine rings is 1. The van der Waals surface area contributed by atoms with E-state index in [0.717, 1.165) is 43.8 Å².